The van der Waals surface area contributed by atoms with E-state index in [0.717, 1.165) is 42.2 Å². The molecule has 0 amide bonds. The molecule has 2 aliphatic rings. The minimum atomic E-state index is -0.0122. The van der Waals surface area contributed by atoms with Crippen LogP contribution in [0.2, 0.25) is 0 Å². The van der Waals surface area contributed by atoms with E-state index in [-0.39, 0.29) is 11.6 Å². The van der Waals surface area contributed by atoms with Crippen LogP contribution >= 0.6 is 0 Å². The van der Waals surface area contributed by atoms with Crippen LogP contribution in [0.4, 0.5) is 0 Å². The van der Waals surface area contributed by atoms with Gasteiger partial charge in [0.1, 0.15) is 17.1 Å². The van der Waals surface area contributed by atoms with Gasteiger partial charge in [-0.05, 0) is 43.4 Å². The SMILES string of the molecule is CCC1CCC2(C1)C[C@H](N)c1cc(OC)ccc1O2. The van der Waals surface area contributed by atoms with Gasteiger partial charge in [-0.1, -0.05) is 13.3 Å². The molecule has 1 aromatic rings. The van der Waals surface area contributed by atoms with Crippen molar-refractivity contribution in [3.8, 4) is 11.5 Å². The molecule has 0 aromatic heterocycles. The van der Waals surface area contributed by atoms with E-state index in [1.807, 2.05) is 18.2 Å². The highest BCUT2D eigenvalue weighted by Crippen LogP contribution is 2.49. The number of hydrogen-bond donors (Lipinski definition) is 1. The van der Waals surface area contributed by atoms with E-state index >= 15 is 0 Å². The molecule has 2 N–H and O–H groups in total. The Hall–Kier alpha value is -1.22. The molecule has 3 heteroatoms. The highest BCUT2D eigenvalue weighted by molar-refractivity contribution is 5.44. The predicted molar refractivity (Wildman–Crippen MR) is 75.5 cm³/mol. The molecule has 1 aromatic carbocycles. The number of hydrogen-bond acceptors (Lipinski definition) is 3. The molecule has 19 heavy (non-hydrogen) atoms. The lowest BCUT2D eigenvalue weighted by molar-refractivity contribution is 0.0383. The Bertz CT molecular complexity index is 474. The van der Waals surface area contributed by atoms with Crippen LogP contribution < -0.4 is 15.2 Å². The summed E-state index contributed by atoms with van der Waals surface area (Å²) < 4.78 is 11.6. The average molecular weight is 261 g/mol. The van der Waals surface area contributed by atoms with E-state index in [2.05, 4.69) is 6.92 Å². The third-order valence-corrected chi connectivity index (χ3v) is 4.78. The van der Waals surface area contributed by atoms with Crippen LogP contribution in [0.5, 0.6) is 11.5 Å². The van der Waals surface area contributed by atoms with Gasteiger partial charge in [0.25, 0.3) is 0 Å². The maximum absolute atomic E-state index is 6.38. The van der Waals surface area contributed by atoms with E-state index in [9.17, 15) is 0 Å². The highest BCUT2D eigenvalue weighted by atomic mass is 16.5. The van der Waals surface area contributed by atoms with Gasteiger partial charge in [0.15, 0.2) is 0 Å². The second-order valence-electron chi connectivity index (χ2n) is 6.02. The first kappa shape index (κ1) is 12.8. The van der Waals surface area contributed by atoms with Gasteiger partial charge < -0.3 is 15.2 Å². The Morgan fingerprint density at radius 3 is 2.95 bits per heavy atom. The number of methoxy groups -OCH3 is 1. The Morgan fingerprint density at radius 1 is 1.42 bits per heavy atom. The molecule has 3 atom stereocenters. The third kappa shape index (κ3) is 2.20. The average Bonchev–Trinajstić information content (AvgIpc) is 2.81. The van der Waals surface area contributed by atoms with E-state index in [1.165, 1.54) is 12.8 Å². The standard InChI is InChI=1S/C16H23NO2/c1-3-11-6-7-16(9-11)10-14(17)13-8-12(18-2)4-5-15(13)19-16/h4-5,8,11,14H,3,6-7,9-10,17H2,1-2H3/t11?,14-,16?/m0/s1. The molecule has 1 fully saturated rings. The molecule has 3 nitrogen and oxygen atoms in total. The Labute approximate surface area is 115 Å². The molecule has 1 saturated carbocycles. The predicted octanol–water partition coefficient (Wildman–Crippen LogP) is 3.43. The number of benzene rings is 1. The van der Waals surface area contributed by atoms with Crippen molar-refractivity contribution in [2.24, 2.45) is 11.7 Å². The van der Waals surface area contributed by atoms with Crippen molar-refractivity contribution in [3.05, 3.63) is 23.8 Å². The van der Waals surface area contributed by atoms with E-state index < -0.39 is 0 Å². The van der Waals surface area contributed by atoms with E-state index in [0.29, 0.717) is 0 Å². The Morgan fingerprint density at radius 2 is 2.26 bits per heavy atom. The van der Waals surface area contributed by atoms with Crippen molar-refractivity contribution in [1.82, 2.24) is 0 Å². The van der Waals surface area contributed by atoms with Crippen LogP contribution in [-0.4, -0.2) is 12.7 Å². The Kier molecular flexibility index (Phi) is 3.17. The lowest BCUT2D eigenvalue weighted by Crippen LogP contribution is -2.40. The Balaban J connectivity index is 1.88. The summed E-state index contributed by atoms with van der Waals surface area (Å²) in [4.78, 5) is 0. The van der Waals surface area contributed by atoms with Gasteiger partial charge in [-0.25, -0.2) is 0 Å². The summed E-state index contributed by atoms with van der Waals surface area (Å²) in [5.41, 5.74) is 7.45. The molecule has 1 heterocycles. The number of rotatable bonds is 2. The van der Waals surface area contributed by atoms with Crippen molar-refractivity contribution in [1.29, 1.82) is 0 Å². The van der Waals surface area contributed by atoms with Gasteiger partial charge in [0.2, 0.25) is 0 Å². The van der Waals surface area contributed by atoms with Crippen molar-refractivity contribution in [2.75, 3.05) is 7.11 Å². The van der Waals surface area contributed by atoms with Gasteiger partial charge in [0, 0.05) is 18.0 Å². The lowest BCUT2D eigenvalue weighted by Gasteiger charge is -2.39. The summed E-state index contributed by atoms with van der Waals surface area (Å²) in [5.74, 6) is 2.61. The highest BCUT2D eigenvalue weighted by Gasteiger charge is 2.45. The molecule has 1 spiro atoms. The summed E-state index contributed by atoms with van der Waals surface area (Å²) >= 11 is 0. The fourth-order valence-corrected chi connectivity index (χ4v) is 3.65. The minimum Gasteiger partial charge on any atom is -0.497 e. The summed E-state index contributed by atoms with van der Waals surface area (Å²) in [7, 11) is 1.68. The first-order chi connectivity index (χ1) is 9.15. The third-order valence-electron chi connectivity index (χ3n) is 4.78. The van der Waals surface area contributed by atoms with Gasteiger partial charge in [-0.2, -0.15) is 0 Å². The van der Waals surface area contributed by atoms with Gasteiger partial charge in [0.05, 0.1) is 7.11 Å². The van der Waals surface area contributed by atoms with Crippen LogP contribution in [0.1, 0.15) is 50.6 Å². The quantitative estimate of drug-likeness (QED) is 0.887. The van der Waals surface area contributed by atoms with Crippen molar-refractivity contribution >= 4 is 0 Å². The maximum atomic E-state index is 6.38. The first-order valence-electron chi connectivity index (χ1n) is 7.28. The zero-order valence-corrected chi connectivity index (χ0v) is 11.8. The van der Waals surface area contributed by atoms with Crippen LogP contribution in [-0.2, 0) is 0 Å². The maximum Gasteiger partial charge on any atom is 0.125 e. The molecule has 0 saturated heterocycles. The second kappa shape index (κ2) is 4.71. The van der Waals surface area contributed by atoms with Crippen molar-refractivity contribution < 1.29 is 9.47 Å². The molecule has 3 rings (SSSR count). The number of nitrogens with two attached hydrogens (primary N) is 1. The van der Waals surface area contributed by atoms with Crippen molar-refractivity contribution in [2.45, 2.75) is 50.7 Å². The molecule has 1 aliphatic carbocycles. The van der Waals surface area contributed by atoms with Gasteiger partial charge in [-0.15, -0.1) is 0 Å². The van der Waals surface area contributed by atoms with Gasteiger partial charge >= 0.3 is 0 Å². The molecule has 0 radical (unpaired) electrons. The van der Waals surface area contributed by atoms with Crippen LogP contribution in [0.3, 0.4) is 0 Å². The molecule has 1 aliphatic heterocycles. The fourth-order valence-electron chi connectivity index (χ4n) is 3.65. The lowest BCUT2D eigenvalue weighted by atomic mass is 9.85. The summed E-state index contributed by atoms with van der Waals surface area (Å²) in [5, 5.41) is 0. The zero-order chi connectivity index (χ0) is 13.5. The van der Waals surface area contributed by atoms with Crippen LogP contribution in [0.15, 0.2) is 18.2 Å². The van der Waals surface area contributed by atoms with Gasteiger partial charge in [-0.3, -0.25) is 0 Å². The normalized spacial score (nSPS) is 33.0. The minimum absolute atomic E-state index is 0.0122. The molecular formula is C16H23NO2. The monoisotopic (exact) mass is 261 g/mol. The van der Waals surface area contributed by atoms with Crippen LogP contribution in [0, 0.1) is 5.92 Å². The first-order valence-corrected chi connectivity index (χ1v) is 7.28. The molecule has 0 bridgehead atoms. The number of ether oxygens (including phenoxy) is 2. The summed E-state index contributed by atoms with van der Waals surface area (Å²) in [6.07, 6.45) is 5.75. The van der Waals surface area contributed by atoms with E-state index in [4.69, 9.17) is 15.2 Å². The number of fused-ring (bicyclic) bond motifs is 1. The fraction of sp³-hybridized carbons (Fsp3) is 0.625. The smallest absolute Gasteiger partial charge is 0.125 e. The zero-order valence-electron chi connectivity index (χ0n) is 11.8. The molecular weight excluding hydrogens is 238 g/mol. The summed E-state index contributed by atoms with van der Waals surface area (Å²) in [6, 6.07) is 6.04. The second-order valence-corrected chi connectivity index (χ2v) is 6.02. The van der Waals surface area contributed by atoms with Crippen LogP contribution in [0.25, 0.3) is 0 Å². The summed E-state index contributed by atoms with van der Waals surface area (Å²) in [6.45, 7) is 2.27. The topological polar surface area (TPSA) is 44.5 Å². The van der Waals surface area contributed by atoms with Crippen molar-refractivity contribution in [3.63, 3.8) is 0 Å². The van der Waals surface area contributed by atoms with E-state index in [1.54, 1.807) is 7.11 Å². The molecule has 2 unspecified atom stereocenters. The largest absolute Gasteiger partial charge is 0.497 e. The molecule has 104 valence electrons.